The van der Waals surface area contributed by atoms with E-state index in [0.29, 0.717) is 16.9 Å². The summed E-state index contributed by atoms with van der Waals surface area (Å²) >= 11 is 1.40. The molecule has 0 saturated carbocycles. The van der Waals surface area contributed by atoms with Crippen molar-refractivity contribution in [2.24, 2.45) is 11.7 Å². The monoisotopic (exact) mass is 578 g/mol. The fraction of sp³-hybridized carbons (Fsp3) is 0.258. The zero-order valence-corrected chi connectivity index (χ0v) is 23.3. The van der Waals surface area contributed by atoms with Crippen molar-refractivity contribution in [1.29, 1.82) is 0 Å². The minimum Gasteiger partial charge on any atom is -0.465 e. The van der Waals surface area contributed by atoms with Gasteiger partial charge in [0.2, 0.25) is 0 Å². The van der Waals surface area contributed by atoms with Gasteiger partial charge in [-0.1, -0.05) is 18.2 Å². The number of anilines is 1. The number of thiophene rings is 1. The largest absolute Gasteiger partial charge is 0.465 e. The van der Waals surface area contributed by atoms with Gasteiger partial charge >= 0.3 is 11.9 Å². The third kappa shape index (κ3) is 5.15. The summed E-state index contributed by atoms with van der Waals surface area (Å²) in [5.74, 6) is -6.04. The van der Waals surface area contributed by atoms with Gasteiger partial charge < -0.3 is 15.2 Å². The fourth-order valence-electron chi connectivity index (χ4n) is 5.61. The number of carbonyl (C=O) groups is 3. The third-order valence-corrected chi connectivity index (χ3v) is 8.25. The molecule has 2 aliphatic rings. The van der Waals surface area contributed by atoms with Crippen LogP contribution in [-0.4, -0.2) is 30.9 Å². The molecule has 41 heavy (non-hydrogen) atoms. The topological polar surface area (TPSA) is 98.9 Å². The molecule has 7 nitrogen and oxygen atoms in total. The van der Waals surface area contributed by atoms with Crippen molar-refractivity contribution in [1.82, 2.24) is 0 Å². The molecular formula is C31H28F2N2O5S. The number of esters is 2. The summed E-state index contributed by atoms with van der Waals surface area (Å²) in [7, 11) is 0. The van der Waals surface area contributed by atoms with Gasteiger partial charge in [0, 0.05) is 27.8 Å². The van der Waals surface area contributed by atoms with Gasteiger partial charge in [-0.3, -0.25) is 14.5 Å². The van der Waals surface area contributed by atoms with Crippen LogP contribution in [0.1, 0.15) is 42.5 Å². The summed E-state index contributed by atoms with van der Waals surface area (Å²) in [6, 6.07) is 14.7. The van der Waals surface area contributed by atoms with Crippen molar-refractivity contribution in [2.75, 3.05) is 18.1 Å². The first-order chi connectivity index (χ1) is 19.8. The quantitative estimate of drug-likeness (QED) is 0.290. The van der Waals surface area contributed by atoms with Crippen LogP contribution in [0.15, 0.2) is 88.7 Å². The van der Waals surface area contributed by atoms with E-state index < -0.39 is 47.1 Å². The number of benzene rings is 2. The molecular weight excluding hydrogens is 550 g/mol. The van der Waals surface area contributed by atoms with Crippen LogP contribution in [0.2, 0.25) is 0 Å². The van der Waals surface area contributed by atoms with Crippen LogP contribution >= 0.6 is 11.3 Å². The van der Waals surface area contributed by atoms with Crippen LogP contribution in [0, 0.1) is 17.6 Å². The van der Waals surface area contributed by atoms with E-state index in [2.05, 4.69) is 0 Å². The van der Waals surface area contributed by atoms with Gasteiger partial charge in [0.15, 0.2) is 5.78 Å². The molecule has 3 aromatic rings. The van der Waals surface area contributed by atoms with Crippen LogP contribution in [0.25, 0.3) is 0 Å². The van der Waals surface area contributed by atoms with Gasteiger partial charge in [-0.15, -0.1) is 11.3 Å². The lowest BCUT2D eigenvalue weighted by Gasteiger charge is -2.43. The zero-order valence-electron chi connectivity index (χ0n) is 22.4. The first-order valence-electron chi connectivity index (χ1n) is 13.2. The number of halogens is 2. The maximum Gasteiger partial charge on any atom is 0.338 e. The molecule has 1 aromatic heterocycles. The molecule has 0 amide bonds. The highest BCUT2D eigenvalue weighted by Crippen LogP contribution is 2.52. The lowest BCUT2D eigenvalue weighted by atomic mass is 9.68. The molecule has 3 atom stereocenters. The van der Waals surface area contributed by atoms with E-state index in [1.165, 1.54) is 58.7 Å². The van der Waals surface area contributed by atoms with Gasteiger partial charge in [0.05, 0.1) is 24.7 Å². The number of ketones is 1. The Labute approximate surface area is 239 Å². The Hall–Kier alpha value is -4.31. The molecule has 10 heteroatoms. The lowest BCUT2D eigenvalue weighted by Crippen LogP contribution is -2.46. The molecule has 0 unspecified atom stereocenters. The molecule has 0 fully saturated rings. The molecule has 2 aromatic carbocycles. The Balaban J connectivity index is 1.82. The number of carbonyl (C=O) groups excluding carboxylic acids is 3. The van der Waals surface area contributed by atoms with Crippen molar-refractivity contribution in [3.8, 4) is 0 Å². The average molecular weight is 579 g/mol. The first-order valence-corrected chi connectivity index (χ1v) is 14.1. The standard InChI is InChI=1S/C31H28F2N2O5S/c1-3-39-30(37)25-21(23-9-6-14-41-23)16-22-26(28(25)36)24(17-7-5-8-19(33)15-17)27(31(38)40-4-2)29(34)35(22)20-12-10-18(32)11-13-20/h5-15,21,24-25H,3-4,16,34H2,1-2H3/t21-,24-,25+/m0/s1. The van der Waals surface area contributed by atoms with Crippen LogP contribution in [0.3, 0.4) is 0 Å². The zero-order chi connectivity index (χ0) is 29.3. The number of nitrogens with two attached hydrogens (primary N) is 1. The smallest absolute Gasteiger partial charge is 0.338 e. The normalized spacial score (nSPS) is 20.6. The highest BCUT2D eigenvalue weighted by Gasteiger charge is 2.51. The Morgan fingerprint density at radius 3 is 2.37 bits per heavy atom. The van der Waals surface area contributed by atoms with Gasteiger partial charge in [-0.25, -0.2) is 13.6 Å². The molecule has 5 rings (SSSR count). The van der Waals surface area contributed by atoms with Gasteiger partial charge in [-0.05, 0) is 73.7 Å². The van der Waals surface area contributed by atoms with Crippen molar-refractivity contribution < 1.29 is 32.6 Å². The number of ether oxygens (including phenoxy) is 2. The number of allylic oxidation sites excluding steroid dienone is 2. The molecule has 212 valence electrons. The van der Waals surface area contributed by atoms with E-state index in [1.54, 1.807) is 19.9 Å². The van der Waals surface area contributed by atoms with E-state index in [4.69, 9.17) is 15.2 Å². The average Bonchev–Trinajstić information content (AvgIpc) is 3.48. The van der Waals surface area contributed by atoms with Gasteiger partial charge in [0.25, 0.3) is 0 Å². The number of Topliss-reactive ketones (excluding diaryl/α,β-unsaturated/α-hetero) is 1. The minimum absolute atomic E-state index is 0.0216. The predicted octanol–water partition coefficient (Wildman–Crippen LogP) is 5.55. The third-order valence-electron chi connectivity index (χ3n) is 7.25. The van der Waals surface area contributed by atoms with Gasteiger partial charge in [-0.2, -0.15) is 0 Å². The predicted molar refractivity (Wildman–Crippen MR) is 150 cm³/mol. The Morgan fingerprint density at radius 1 is 1.00 bits per heavy atom. The van der Waals surface area contributed by atoms with Crippen molar-refractivity contribution in [3.05, 3.63) is 111 Å². The second-order valence-corrected chi connectivity index (χ2v) is 10.6. The number of rotatable bonds is 7. The SMILES string of the molecule is CCOC(=O)C1=C(N)N(c2ccc(F)cc2)C2=C(C(=O)[C@H](C(=O)OCC)[C@H](c3cccs3)C2)[C@@H]1c1cccc(F)c1. The highest BCUT2D eigenvalue weighted by atomic mass is 32.1. The van der Waals surface area contributed by atoms with Crippen LogP contribution in [0.5, 0.6) is 0 Å². The van der Waals surface area contributed by atoms with E-state index in [1.807, 2.05) is 17.5 Å². The summed E-state index contributed by atoms with van der Waals surface area (Å²) < 4.78 is 39.2. The molecule has 0 spiro atoms. The van der Waals surface area contributed by atoms with Crippen molar-refractivity contribution in [2.45, 2.75) is 32.1 Å². The first kappa shape index (κ1) is 28.2. The molecule has 2 heterocycles. The molecule has 2 N–H and O–H groups in total. The van der Waals surface area contributed by atoms with E-state index in [0.717, 1.165) is 4.88 Å². The number of hydrogen-bond donors (Lipinski definition) is 1. The minimum atomic E-state index is -1.21. The molecule has 1 aliphatic heterocycles. The van der Waals surface area contributed by atoms with Crippen molar-refractivity contribution >= 4 is 34.7 Å². The lowest BCUT2D eigenvalue weighted by molar-refractivity contribution is -0.152. The number of hydrogen-bond acceptors (Lipinski definition) is 8. The molecule has 0 saturated heterocycles. The molecule has 1 aliphatic carbocycles. The molecule has 0 radical (unpaired) electrons. The Bertz CT molecular complexity index is 1550. The second kappa shape index (κ2) is 11.7. The summed E-state index contributed by atoms with van der Waals surface area (Å²) in [4.78, 5) is 43.7. The summed E-state index contributed by atoms with van der Waals surface area (Å²) in [6.45, 7) is 3.38. The van der Waals surface area contributed by atoms with Gasteiger partial charge in [0.1, 0.15) is 23.4 Å². The highest BCUT2D eigenvalue weighted by molar-refractivity contribution is 7.10. The van der Waals surface area contributed by atoms with E-state index in [9.17, 15) is 23.2 Å². The second-order valence-electron chi connectivity index (χ2n) is 9.60. The van der Waals surface area contributed by atoms with Crippen LogP contribution in [-0.2, 0) is 23.9 Å². The Kier molecular flexibility index (Phi) is 8.03. The number of nitrogens with zero attached hydrogens (tertiary/aromatic N) is 1. The van der Waals surface area contributed by atoms with E-state index in [-0.39, 0.29) is 36.6 Å². The van der Waals surface area contributed by atoms with Crippen molar-refractivity contribution in [3.63, 3.8) is 0 Å². The molecule has 0 bridgehead atoms. The fourth-order valence-corrected chi connectivity index (χ4v) is 6.48. The maximum atomic E-state index is 14.6. The van der Waals surface area contributed by atoms with Crippen LogP contribution < -0.4 is 10.6 Å². The summed E-state index contributed by atoms with van der Waals surface area (Å²) in [5.41, 5.74) is 7.90. The Morgan fingerprint density at radius 2 is 1.73 bits per heavy atom. The van der Waals surface area contributed by atoms with E-state index >= 15 is 0 Å². The van der Waals surface area contributed by atoms with Crippen LogP contribution in [0.4, 0.5) is 14.5 Å². The summed E-state index contributed by atoms with van der Waals surface area (Å²) in [5, 5.41) is 1.85. The summed E-state index contributed by atoms with van der Waals surface area (Å²) in [6.07, 6.45) is 0.172. The maximum absolute atomic E-state index is 14.6.